The normalized spacial score (nSPS) is 11.0. The monoisotopic (exact) mass is 472 g/mol. The molecule has 0 aromatic heterocycles. The first-order chi connectivity index (χ1) is 15.1. The summed E-state index contributed by atoms with van der Waals surface area (Å²) in [6, 6.07) is 15.5. The summed E-state index contributed by atoms with van der Waals surface area (Å²) in [5, 5.41) is 2.79. The number of anilines is 2. The van der Waals surface area contributed by atoms with Gasteiger partial charge in [-0.15, -0.1) is 0 Å². The largest absolute Gasteiger partial charge is 0.465 e. The summed E-state index contributed by atoms with van der Waals surface area (Å²) >= 11 is 6.24. The predicted molar refractivity (Wildman–Crippen MR) is 124 cm³/mol. The third-order valence-electron chi connectivity index (χ3n) is 4.79. The maximum atomic E-state index is 12.7. The molecule has 0 aliphatic rings. The number of carbonyl (C=O) groups excluding carboxylic acids is 2. The number of hydrogen-bond donors (Lipinski definition) is 2. The molecule has 0 aliphatic carbocycles. The summed E-state index contributed by atoms with van der Waals surface area (Å²) in [7, 11) is -2.55. The molecule has 0 atom stereocenters. The highest BCUT2D eigenvalue weighted by atomic mass is 35.5. The van der Waals surface area contributed by atoms with Gasteiger partial charge < -0.3 is 10.1 Å². The second kappa shape index (κ2) is 9.42. The molecule has 0 fully saturated rings. The molecule has 166 valence electrons. The van der Waals surface area contributed by atoms with Crippen LogP contribution in [0.4, 0.5) is 11.4 Å². The van der Waals surface area contributed by atoms with E-state index in [9.17, 15) is 18.0 Å². The van der Waals surface area contributed by atoms with Crippen LogP contribution >= 0.6 is 11.6 Å². The summed E-state index contributed by atoms with van der Waals surface area (Å²) in [6.45, 7) is 3.55. The number of nitrogens with one attached hydrogen (secondary N) is 2. The molecular formula is C23H21ClN2O5S. The predicted octanol–water partition coefficient (Wildman–Crippen LogP) is 4.80. The zero-order valence-electron chi connectivity index (χ0n) is 17.6. The number of aryl methyl sites for hydroxylation is 1. The first-order valence-electron chi connectivity index (χ1n) is 9.50. The Morgan fingerprint density at radius 2 is 1.62 bits per heavy atom. The molecule has 32 heavy (non-hydrogen) atoms. The van der Waals surface area contributed by atoms with Crippen LogP contribution in [0.15, 0.2) is 65.6 Å². The van der Waals surface area contributed by atoms with Gasteiger partial charge in [-0.2, -0.15) is 0 Å². The van der Waals surface area contributed by atoms with E-state index in [2.05, 4.69) is 10.0 Å². The summed E-state index contributed by atoms with van der Waals surface area (Å²) in [5.74, 6) is -0.975. The van der Waals surface area contributed by atoms with Crippen molar-refractivity contribution < 1.29 is 22.7 Å². The molecule has 0 heterocycles. The highest BCUT2D eigenvalue weighted by molar-refractivity contribution is 7.92. The molecule has 3 aromatic rings. The number of esters is 1. The van der Waals surface area contributed by atoms with Gasteiger partial charge in [-0.25, -0.2) is 13.2 Å². The van der Waals surface area contributed by atoms with E-state index in [1.807, 2.05) is 6.92 Å². The molecule has 0 saturated carbocycles. The van der Waals surface area contributed by atoms with Gasteiger partial charge in [-0.1, -0.05) is 35.4 Å². The number of hydrogen-bond acceptors (Lipinski definition) is 5. The quantitative estimate of drug-likeness (QED) is 0.502. The van der Waals surface area contributed by atoms with E-state index in [1.165, 1.54) is 37.4 Å². The van der Waals surface area contributed by atoms with Crippen LogP contribution in [0.2, 0.25) is 5.02 Å². The number of benzene rings is 3. The molecule has 3 rings (SSSR count). The minimum atomic E-state index is -3.83. The van der Waals surface area contributed by atoms with Crippen molar-refractivity contribution in [3.05, 3.63) is 87.9 Å². The number of methoxy groups -OCH3 is 1. The van der Waals surface area contributed by atoms with Crippen molar-refractivity contribution in [3.63, 3.8) is 0 Å². The van der Waals surface area contributed by atoms with E-state index < -0.39 is 21.9 Å². The minimum Gasteiger partial charge on any atom is -0.465 e. The van der Waals surface area contributed by atoms with E-state index in [0.29, 0.717) is 16.8 Å². The Bertz CT molecular complexity index is 1290. The van der Waals surface area contributed by atoms with E-state index in [4.69, 9.17) is 16.3 Å². The maximum absolute atomic E-state index is 12.7. The fourth-order valence-corrected chi connectivity index (χ4v) is 4.32. The number of sulfonamides is 1. The van der Waals surface area contributed by atoms with E-state index in [0.717, 1.165) is 5.56 Å². The fraction of sp³-hybridized carbons (Fsp3) is 0.130. The Labute approximate surface area is 191 Å². The SMILES string of the molecule is COC(=O)c1cccc(NC(=O)c2ccc(NS(=O)(=O)c3ccc(C)cc3)c(Cl)c2)c1C. The third kappa shape index (κ3) is 5.09. The molecular weight excluding hydrogens is 452 g/mol. The van der Waals surface area contributed by atoms with Crippen LogP contribution in [-0.4, -0.2) is 27.4 Å². The Morgan fingerprint density at radius 3 is 2.25 bits per heavy atom. The number of amides is 1. The van der Waals surface area contributed by atoms with Crippen molar-refractivity contribution >= 4 is 44.9 Å². The van der Waals surface area contributed by atoms with Crippen LogP contribution in [0.1, 0.15) is 31.8 Å². The van der Waals surface area contributed by atoms with Gasteiger partial charge in [-0.3, -0.25) is 9.52 Å². The summed E-state index contributed by atoms with van der Waals surface area (Å²) in [4.78, 5) is 24.6. The van der Waals surface area contributed by atoms with Crippen LogP contribution in [0.3, 0.4) is 0 Å². The Hall–Kier alpha value is -3.36. The first kappa shape index (κ1) is 23.3. The van der Waals surface area contributed by atoms with Gasteiger partial charge in [0.25, 0.3) is 15.9 Å². The standard InChI is InChI=1S/C23H21ClN2O5S/c1-14-7-10-17(11-8-14)32(29,30)26-21-12-9-16(13-19(21)24)22(27)25-20-6-4-5-18(15(20)2)23(28)31-3/h4-13,26H,1-3H3,(H,25,27). The lowest BCUT2D eigenvalue weighted by Gasteiger charge is -2.13. The van der Waals surface area contributed by atoms with Crippen molar-refractivity contribution in [2.45, 2.75) is 18.7 Å². The number of rotatable bonds is 6. The van der Waals surface area contributed by atoms with Gasteiger partial charge in [0.2, 0.25) is 0 Å². The highest BCUT2D eigenvalue weighted by Crippen LogP contribution is 2.27. The highest BCUT2D eigenvalue weighted by Gasteiger charge is 2.18. The van der Waals surface area contributed by atoms with Crippen molar-refractivity contribution in [3.8, 4) is 0 Å². The lowest BCUT2D eigenvalue weighted by Crippen LogP contribution is -2.16. The van der Waals surface area contributed by atoms with Gasteiger partial charge in [0.1, 0.15) is 0 Å². The lowest BCUT2D eigenvalue weighted by atomic mass is 10.1. The van der Waals surface area contributed by atoms with Gasteiger partial charge in [0, 0.05) is 11.3 Å². The van der Waals surface area contributed by atoms with Crippen molar-refractivity contribution in [2.75, 3.05) is 17.1 Å². The average molecular weight is 473 g/mol. The van der Waals surface area contributed by atoms with Gasteiger partial charge in [-0.05, 0) is 61.9 Å². The van der Waals surface area contributed by atoms with Crippen LogP contribution in [-0.2, 0) is 14.8 Å². The molecule has 1 amide bonds. The van der Waals surface area contributed by atoms with Gasteiger partial charge in [0.15, 0.2) is 0 Å². The second-order valence-electron chi connectivity index (χ2n) is 7.04. The van der Waals surface area contributed by atoms with Crippen LogP contribution in [0.5, 0.6) is 0 Å². The molecule has 0 radical (unpaired) electrons. The topological polar surface area (TPSA) is 102 Å². The second-order valence-corrected chi connectivity index (χ2v) is 9.13. The molecule has 0 bridgehead atoms. The minimum absolute atomic E-state index is 0.0633. The zero-order valence-corrected chi connectivity index (χ0v) is 19.2. The Kier molecular flexibility index (Phi) is 6.86. The molecule has 0 aliphatic heterocycles. The van der Waals surface area contributed by atoms with Crippen molar-refractivity contribution in [2.24, 2.45) is 0 Å². The summed E-state index contributed by atoms with van der Waals surface area (Å²) in [6.07, 6.45) is 0. The number of ether oxygens (including phenoxy) is 1. The molecule has 0 spiro atoms. The number of halogens is 1. The molecule has 0 unspecified atom stereocenters. The molecule has 2 N–H and O–H groups in total. The molecule has 7 nitrogen and oxygen atoms in total. The van der Waals surface area contributed by atoms with E-state index in [1.54, 1.807) is 37.3 Å². The molecule has 9 heteroatoms. The van der Waals surface area contributed by atoms with Gasteiger partial charge in [0.05, 0.1) is 28.3 Å². The van der Waals surface area contributed by atoms with Crippen LogP contribution in [0.25, 0.3) is 0 Å². The summed E-state index contributed by atoms with van der Waals surface area (Å²) in [5.41, 5.74) is 2.64. The van der Waals surface area contributed by atoms with E-state index >= 15 is 0 Å². The van der Waals surface area contributed by atoms with E-state index in [-0.39, 0.29) is 21.2 Å². The molecule has 0 saturated heterocycles. The fourth-order valence-electron chi connectivity index (χ4n) is 2.96. The average Bonchev–Trinajstić information content (AvgIpc) is 2.76. The third-order valence-corrected chi connectivity index (χ3v) is 6.49. The van der Waals surface area contributed by atoms with Crippen molar-refractivity contribution in [1.82, 2.24) is 0 Å². The molecule has 3 aromatic carbocycles. The van der Waals surface area contributed by atoms with Crippen molar-refractivity contribution in [1.29, 1.82) is 0 Å². The smallest absolute Gasteiger partial charge is 0.338 e. The van der Waals surface area contributed by atoms with Gasteiger partial charge >= 0.3 is 5.97 Å². The Balaban J connectivity index is 1.80. The Morgan fingerprint density at radius 1 is 0.938 bits per heavy atom. The first-order valence-corrected chi connectivity index (χ1v) is 11.4. The zero-order chi connectivity index (χ0) is 23.5. The number of carbonyl (C=O) groups is 2. The van der Waals surface area contributed by atoms with Crippen LogP contribution < -0.4 is 10.0 Å². The maximum Gasteiger partial charge on any atom is 0.338 e. The summed E-state index contributed by atoms with van der Waals surface area (Å²) < 4.78 is 32.3. The lowest BCUT2D eigenvalue weighted by molar-refractivity contribution is 0.0599. The van der Waals surface area contributed by atoms with Crippen LogP contribution in [0, 0.1) is 13.8 Å².